The van der Waals surface area contributed by atoms with Crippen molar-refractivity contribution in [2.45, 2.75) is 32.4 Å². The van der Waals surface area contributed by atoms with Crippen LogP contribution in [-0.2, 0) is 0 Å². The van der Waals surface area contributed by atoms with Gasteiger partial charge in [0.1, 0.15) is 11.6 Å². The van der Waals surface area contributed by atoms with Gasteiger partial charge in [0.25, 0.3) is 0 Å². The molecule has 4 heteroatoms. The van der Waals surface area contributed by atoms with E-state index in [1.807, 2.05) is 24.3 Å². The minimum absolute atomic E-state index is 0.443. The lowest BCUT2D eigenvalue weighted by Crippen LogP contribution is -2.28. The van der Waals surface area contributed by atoms with Crippen LogP contribution in [0.15, 0.2) is 30.3 Å². The molecule has 100 valence electrons. The van der Waals surface area contributed by atoms with Gasteiger partial charge in [-0.1, -0.05) is 0 Å². The van der Waals surface area contributed by atoms with Gasteiger partial charge in [0, 0.05) is 17.7 Å². The third kappa shape index (κ3) is 2.18. The van der Waals surface area contributed by atoms with Crippen LogP contribution in [0.1, 0.15) is 26.3 Å². The van der Waals surface area contributed by atoms with E-state index in [1.54, 1.807) is 7.11 Å². The Hall–Kier alpha value is -1.97. The molecule has 0 amide bonds. The maximum absolute atomic E-state index is 5.18. The number of ether oxygens (including phenoxy) is 1. The summed E-state index contributed by atoms with van der Waals surface area (Å²) in [7, 11) is 1.68. The van der Waals surface area contributed by atoms with Gasteiger partial charge in [0.15, 0.2) is 0 Å². The Morgan fingerprint density at radius 3 is 2.68 bits per heavy atom. The van der Waals surface area contributed by atoms with Crippen LogP contribution in [0.2, 0.25) is 0 Å². The van der Waals surface area contributed by atoms with E-state index in [1.165, 1.54) is 0 Å². The lowest BCUT2D eigenvalue weighted by atomic mass is 10.1. The molecule has 0 saturated heterocycles. The number of fused-ring (bicyclic) bond motifs is 1. The summed E-state index contributed by atoms with van der Waals surface area (Å²) in [5.41, 5.74) is 2.12. The zero-order chi connectivity index (χ0) is 13.4. The molecule has 1 aromatic carbocycles. The Bertz CT molecular complexity index is 574. The van der Waals surface area contributed by atoms with E-state index < -0.39 is 0 Å². The normalized spacial score (nSPS) is 21.6. The molecule has 0 radical (unpaired) electrons. The van der Waals surface area contributed by atoms with Crippen molar-refractivity contribution in [1.82, 2.24) is 9.78 Å². The van der Waals surface area contributed by atoms with Crippen LogP contribution >= 0.6 is 0 Å². The second-order valence-corrected chi connectivity index (χ2v) is 5.22. The number of nitrogens with one attached hydrogen (secondary N) is 1. The monoisotopic (exact) mass is 257 g/mol. The van der Waals surface area contributed by atoms with Crippen LogP contribution < -0.4 is 10.1 Å². The largest absolute Gasteiger partial charge is 0.497 e. The molecule has 2 heterocycles. The standard InChI is InChI=1S/C15H19N3O/c1-10-8-11(2)18-15(16-10)9-14(17-18)12-4-6-13(19-3)7-5-12/h4-7,9-11,16H,8H2,1-3H3. The van der Waals surface area contributed by atoms with Gasteiger partial charge in [0.2, 0.25) is 0 Å². The quantitative estimate of drug-likeness (QED) is 0.897. The maximum atomic E-state index is 5.18. The molecular weight excluding hydrogens is 238 g/mol. The molecule has 1 aromatic heterocycles. The van der Waals surface area contributed by atoms with Crippen molar-refractivity contribution in [3.8, 4) is 17.0 Å². The van der Waals surface area contributed by atoms with Gasteiger partial charge in [-0.15, -0.1) is 0 Å². The first-order valence-corrected chi connectivity index (χ1v) is 6.68. The van der Waals surface area contributed by atoms with E-state index in [4.69, 9.17) is 9.84 Å². The summed E-state index contributed by atoms with van der Waals surface area (Å²) >= 11 is 0. The molecular formula is C15H19N3O. The predicted octanol–water partition coefficient (Wildman–Crippen LogP) is 3.32. The molecule has 0 saturated carbocycles. The Morgan fingerprint density at radius 1 is 1.26 bits per heavy atom. The topological polar surface area (TPSA) is 39.1 Å². The Balaban J connectivity index is 1.95. The summed E-state index contributed by atoms with van der Waals surface area (Å²) in [5, 5.41) is 8.18. The Labute approximate surface area is 113 Å². The van der Waals surface area contributed by atoms with Gasteiger partial charge in [-0.05, 0) is 44.5 Å². The Morgan fingerprint density at radius 2 is 2.00 bits per heavy atom. The smallest absolute Gasteiger partial charge is 0.125 e. The molecule has 19 heavy (non-hydrogen) atoms. The molecule has 3 rings (SSSR count). The van der Waals surface area contributed by atoms with Gasteiger partial charge in [-0.3, -0.25) is 0 Å². The first kappa shape index (κ1) is 12.1. The van der Waals surface area contributed by atoms with Gasteiger partial charge in [0.05, 0.1) is 18.8 Å². The molecule has 0 spiro atoms. The van der Waals surface area contributed by atoms with E-state index in [0.29, 0.717) is 12.1 Å². The van der Waals surface area contributed by atoms with Crippen molar-refractivity contribution < 1.29 is 4.74 Å². The minimum atomic E-state index is 0.443. The van der Waals surface area contributed by atoms with Crippen molar-refractivity contribution in [3.05, 3.63) is 30.3 Å². The van der Waals surface area contributed by atoms with Gasteiger partial charge >= 0.3 is 0 Å². The summed E-state index contributed by atoms with van der Waals surface area (Å²) in [6.07, 6.45) is 1.11. The first-order chi connectivity index (χ1) is 9.17. The first-order valence-electron chi connectivity index (χ1n) is 6.68. The predicted molar refractivity (Wildman–Crippen MR) is 76.6 cm³/mol. The molecule has 0 bridgehead atoms. The number of hydrogen-bond donors (Lipinski definition) is 1. The van der Waals surface area contributed by atoms with E-state index in [0.717, 1.165) is 29.2 Å². The minimum Gasteiger partial charge on any atom is -0.497 e. The summed E-state index contributed by atoms with van der Waals surface area (Å²) in [6.45, 7) is 4.42. The molecule has 1 N–H and O–H groups in total. The molecule has 1 aliphatic rings. The third-order valence-corrected chi connectivity index (χ3v) is 3.63. The molecule has 0 fully saturated rings. The van der Waals surface area contributed by atoms with Crippen LogP contribution in [0.3, 0.4) is 0 Å². The molecule has 2 atom stereocenters. The van der Waals surface area contributed by atoms with Gasteiger partial charge in [-0.2, -0.15) is 5.10 Å². The number of rotatable bonds is 2. The summed E-state index contributed by atoms with van der Waals surface area (Å²) in [5.74, 6) is 1.98. The number of hydrogen-bond acceptors (Lipinski definition) is 3. The van der Waals surface area contributed by atoms with Gasteiger partial charge < -0.3 is 10.1 Å². The van der Waals surface area contributed by atoms with Crippen molar-refractivity contribution in [2.24, 2.45) is 0 Å². The third-order valence-electron chi connectivity index (χ3n) is 3.63. The van der Waals surface area contributed by atoms with Crippen LogP contribution in [0.4, 0.5) is 5.82 Å². The molecule has 2 aromatic rings. The second kappa shape index (κ2) is 4.61. The fraction of sp³-hybridized carbons (Fsp3) is 0.400. The molecule has 2 unspecified atom stereocenters. The van der Waals surface area contributed by atoms with Crippen LogP contribution in [0, 0.1) is 0 Å². The number of anilines is 1. The highest BCUT2D eigenvalue weighted by atomic mass is 16.5. The lowest BCUT2D eigenvalue weighted by Gasteiger charge is -2.27. The number of methoxy groups -OCH3 is 1. The summed E-state index contributed by atoms with van der Waals surface area (Å²) in [6, 6.07) is 11.1. The van der Waals surface area contributed by atoms with Crippen molar-refractivity contribution >= 4 is 5.82 Å². The van der Waals surface area contributed by atoms with Gasteiger partial charge in [-0.25, -0.2) is 4.68 Å². The van der Waals surface area contributed by atoms with E-state index in [2.05, 4.69) is 29.9 Å². The highest BCUT2D eigenvalue weighted by Gasteiger charge is 2.22. The van der Waals surface area contributed by atoms with Crippen molar-refractivity contribution in [1.29, 1.82) is 0 Å². The second-order valence-electron chi connectivity index (χ2n) is 5.22. The van der Waals surface area contributed by atoms with E-state index >= 15 is 0 Å². The van der Waals surface area contributed by atoms with Crippen LogP contribution in [0.25, 0.3) is 11.3 Å². The van der Waals surface area contributed by atoms with E-state index in [9.17, 15) is 0 Å². The zero-order valence-electron chi connectivity index (χ0n) is 11.6. The lowest BCUT2D eigenvalue weighted by molar-refractivity contribution is 0.414. The molecule has 1 aliphatic heterocycles. The highest BCUT2D eigenvalue weighted by molar-refractivity contribution is 5.64. The maximum Gasteiger partial charge on any atom is 0.125 e. The molecule has 4 nitrogen and oxygen atoms in total. The van der Waals surface area contributed by atoms with Crippen molar-refractivity contribution in [2.75, 3.05) is 12.4 Å². The average Bonchev–Trinajstić information content (AvgIpc) is 2.83. The number of aromatic nitrogens is 2. The Kier molecular flexibility index (Phi) is 2.93. The highest BCUT2D eigenvalue weighted by Crippen LogP contribution is 2.31. The summed E-state index contributed by atoms with van der Waals surface area (Å²) < 4.78 is 7.26. The zero-order valence-corrected chi connectivity index (χ0v) is 11.6. The average molecular weight is 257 g/mol. The van der Waals surface area contributed by atoms with Crippen LogP contribution in [-0.4, -0.2) is 22.9 Å². The fourth-order valence-corrected chi connectivity index (χ4v) is 2.66. The number of benzene rings is 1. The fourth-order valence-electron chi connectivity index (χ4n) is 2.66. The number of nitrogens with zero attached hydrogens (tertiary/aromatic N) is 2. The van der Waals surface area contributed by atoms with E-state index in [-0.39, 0.29) is 0 Å². The van der Waals surface area contributed by atoms with Crippen LogP contribution in [0.5, 0.6) is 5.75 Å². The molecule has 0 aliphatic carbocycles. The SMILES string of the molecule is COc1ccc(-c2cc3n(n2)C(C)CC(C)N3)cc1. The van der Waals surface area contributed by atoms with Crippen molar-refractivity contribution in [3.63, 3.8) is 0 Å². The summed E-state index contributed by atoms with van der Waals surface area (Å²) in [4.78, 5) is 0.